The van der Waals surface area contributed by atoms with E-state index in [0.29, 0.717) is 4.88 Å². The zero-order valence-corrected chi connectivity index (χ0v) is 11.9. The first kappa shape index (κ1) is 15.1. The van der Waals surface area contributed by atoms with E-state index in [2.05, 4.69) is 9.46 Å². The third-order valence-electron chi connectivity index (χ3n) is 2.30. The third kappa shape index (κ3) is 3.52. The molecule has 0 spiro atoms. The number of carbonyl (C=O) groups is 1. The molecule has 0 amide bonds. The summed E-state index contributed by atoms with van der Waals surface area (Å²) in [5.41, 5.74) is 0. The maximum absolute atomic E-state index is 12.0. The molecule has 2 N–H and O–H groups in total. The molecule has 8 heteroatoms. The van der Waals surface area contributed by atoms with Crippen molar-refractivity contribution in [2.24, 2.45) is 0 Å². The van der Waals surface area contributed by atoms with E-state index in [4.69, 9.17) is 5.11 Å². The van der Waals surface area contributed by atoms with Crippen LogP contribution in [0.15, 0.2) is 11.0 Å². The summed E-state index contributed by atoms with van der Waals surface area (Å²) in [5, 5.41) is 8.74. The molecule has 1 unspecified atom stereocenters. The molecule has 0 aliphatic heterocycles. The summed E-state index contributed by atoms with van der Waals surface area (Å²) in [5.74, 6) is -1.21. The first-order chi connectivity index (χ1) is 8.27. The van der Waals surface area contributed by atoms with Gasteiger partial charge >= 0.3 is 5.97 Å². The zero-order chi connectivity index (χ0) is 13.9. The second-order valence-corrected chi connectivity index (χ2v) is 6.89. The van der Waals surface area contributed by atoms with Crippen molar-refractivity contribution in [3.05, 3.63) is 15.8 Å². The van der Waals surface area contributed by atoms with Crippen LogP contribution in [0.3, 0.4) is 0 Å². The van der Waals surface area contributed by atoms with Gasteiger partial charge in [-0.3, -0.25) is 0 Å². The lowest BCUT2D eigenvalue weighted by atomic mass is 10.4. The molecule has 1 aromatic heterocycles. The molecule has 6 nitrogen and oxygen atoms in total. The minimum atomic E-state index is -3.69. The van der Waals surface area contributed by atoms with Crippen LogP contribution in [0, 0.1) is 13.8 Å². The van der Waals surface area contributed by atoms with Crippen LogP contribution in [0.1, 0.15) is 9.75 Å². The van der Waals surface area contributed by atoms with Gasteiger partial charge in [-0.05, 0) is 19.9 Å². The van der Waals surface area contributed by atoms with Gasteiger partial charge in [0.2, 0.25) is 10.0 Å². The Kier molecular flexibility index (Phi) is 4.85. The van der Waals surface area contributed by atoms with Gasteiger partial charge in [-0.1, -0.05) is 0 Å². The third-order valence-corrected chi connectivity index (χ3v) is 4.95. The predicted molar refractivity (Wildman–Crippen MR) is 67.4 cm³/mol. The quantitative estimate of drug-likeness (QED) is 0.807. The Labute approximate surface area is 110 Å². The molecule has 0 radical (unpaired) electrons. The molecule has 18 heavy (non-hydrogen) atoms. The van der Waals surface area contributed by atoms with Crippen LogP contribution >= 0.6 is 11.3 Å². The average molecular weight is 293 g/mol. The van der Waals surface area contributed by atoms with Crippen LogP contribution in [0.25, 0.3) is 0 Å². The van der Waals surface area contributed by atoms with Crippen LogP contribution < -0.4 is 4.72 Å². The summed E-state index contributed by atoms with van der Waals surface area (Å²) >= 11 is 1.38. The van der Waals surface area contributed by atoms with E-state index in [0.717, 1.165) is 4.88 Å². The lowest BCUT2D eigenvalue weighted by Crippen LogP contribution is -2.37. The Morgan fingerprint density at radius 3 is 2.56 bits per heavy atom. The van der Waals surface area contributed by atoms with E-state index in [1.807, 2.05) is 6.92 Å². The van der Waals surface area contributed by atoms with Crippen LogP contribution in [-0.4, -0.2) is 39.3 Å². The average Bonchev–Trinajstić information content (AvgIpc) is 2.58. The molecule has 0 bridgehead atoms. The smallest absolute Gasteiger partial charge is 0.334 e. The second-order valence-electron chi connectivity index (χ2n) is 3.69. The van der Waals surface area contributed by atoms with Crippen molar-refractivity contribution >= 4 is 27.3 Å². The van der Waals surface area contributed by atoms with E-state index < -0.39 is 22.1 Å². The van der Waals surface area contributed by atoms with Gasteiger partial charge in [0.05, 0.1) is 4.90 Å². The molecule has 0 aliphatic rings. The highest BCUT2D eigenvalue weighted by Crippen LogP contribution is 2.24. The van der Waals surface area contributed by atoms with Crippen molar-refractivity contribution in [2.45, 2.75) is 24.8 Å². The summed E-state index contributed by atoms with van der Waals surface area (Å²) in [6.45, 7) is 3.21. The zero-order valence-electron chi connectivity index (χ0n) is 10.3. The maximum atomic E-state index is 12.0. The highest BCUT2D eigenvalue weighted by atomic mass is 32.2. The fourth-order valence-corrected chi connectivity index (χ4v) is 3.99. The minimum Gasteiger partial charge on any atom is -0.479 e. The fraction of sp³-hybridized carbons (Fsp3) is 0.500. The van der Waals surface area contributed by atoms with Crippen LogP contribution in [0.2, 0.25) is 0 Å². The summed E-state index contributed by atoms with van der Waals surface area (Å²) in [6.07, 6.45) is -1.19. The van der Waals surface area contributed by atoms with E-state index in [-0.39, 0.29) is 11.4 Å². The summed E-state index contributed by atoms with van der Waals surface area (Å²) in [6, 6.07) is 1.56. The van der Waals surface area contributed by atoms with Crippen molar-refractivity contribution in [2.75, 3.05) is 13.7 Å². The molecule has 0 saturated heterocycles. The van der Waals surface area contributed by atoms with Crippen LogP contribution in [0.5, 0.6) is 0 Å². The normalized spacial score (nSPS) is 13.5. The van der Waals surface area contributed by atoms with Gasteiger partial charge in [-0.25, -0.2) is 17.9 Å². The highest BCUT2D eigenvalue weighted by molar-refractivity contribution is 7.89. The van der Waals surface area contributed by atoms with Gasteiger partial charge in [0.25, 0.3) is 0 Å². The number of carboxylic acids is 1. The molecule has 0 fully saturated rings. The summed E-state index contributed by atoms with van der Waals surface area (Å²) < 4.78 is 30.8. The molecule has 0 saturated carbocycles. The van der Waals surface area contributed by atoms with E-state index in [1.165, 1.54) is 18.4 Å². The van der Waals surface area contributed by atoms with E-state index in [1.54, 1.807) is 13.0 Å². The van der Waals surface area contributed by atoms with E-state index in [9.17, 15) is 13.2 Å². The van der Waals surface area contributed by atoms with Gasteiger partial charge < -0.3 is 9.84 Å². The predicted octanol–water partition coefficient (Wildman–Crippen LogP) is 0.743. The van der Waals surface area contributed by atoms with Crippen LogP contribution in [-0.2, 0) is 19.6 Å². The van der Waals surface area contributed by atoms with Crippen LogP contribution in [0.4, 0.5) is 0 Å². The SMILES string of the molecule is COC(CNS(=O)(=O)c1cc(C)sc1C)C(=O)O. The molecular formula is C10H15NO5S2. The van der Waals surface area contributed by atoms with E-state index >= 15 is 0 Å². The Bertz CT molecular complexity index is 534. The minimum absolute atomic E-state index is 0.185. The molecule has 1 aromatic rings. The molecule has 0 aliphatic carbocycles. The number of thiophene rings is 1. The molecular weight excluding hydrogens is 278 g/mol. The standard InChI is InChI=1S/C10H15NO5S2/c1-6-4-9(7(2)17-6)18(14,15)11-5-8(16-3)10(12)13/h4,8,11H,5H2,1-3H3,(H,12,13). The summed E-state index contributed by atoms with van der Waals surface area (Å²) in [4.78, 5) is 12.4. The Morgan fingerprint density at radius 2 is 2.17 bits per heavy atom. The number of nitrogens with one attached hydrogen (secondary N) is 1. The number of hydrogen-bond acceptors (Lipinski definition) is 5. The number of carboxylic acid groups (broad SMARTS) is 1. The molecule has 102 valence electrons. The Hall–Kier alpha value is -0.960. The van der Waals surface area contributed by atoms with Gasteiger partial charge in [0.1, 0.15) is 0 Å². The largest absolute Gasteiger partial charge is 0.479 e. The van der Waals surface area contributed by atoms with Crippen molar-refractivity contribution in [1.29, 1.82) is 0 Å². The van der Waals surface area contributed by atoms with Gasteiger partial charge in [0.15, 0.2) is 6.10 Å². The first-order valence-electron chi connectivity index (χ1n) is 5.10. The topological polar surface area (TPSA) is 92.7 Å². The number of ether oxygens (including phenoxy) is 1. The van der Waals surface area contributed by atoms with Gasteiger partial charge in [0, 0.05) is 23.4 Å². The van der Waals surface area contributed by atoms with Crippen molar-refractivity contribution in [3.63, 3.8) is 0 Å². The number of sulfonamides is 1. The first-order valence-corrected chi connectivity index (χ1v) is 7.40. The Balaban J connectivity index is 2.83. The molecule has 1 heterocycles. The second kappa shape index (κ2) is 5.79. The lowest BCUT2D eigenvalue weighted by molar-refractivity contribution is -0.147. The van der Waals surface area contributed by atoms with Crippen molar-refractivity contribution in [3.8, 4) is 0 Å². The lowest BCUT2D eigenvalue weighted by Gasteiger charge is -2.11. The Morgan fingerprint density at radius 1 is 1.56 bits per heavy atom. The van der Waals surface area contributed by atoms with Gasteiger partial charge in [-0.2, -0.15) is 0 Å². The number of rotatable bonds is 6. The number of aryl methyl sites for hydroxylation is 2. The highest BCUT2D eigenvalue weighted by Gasteiger charge is 2.23. The van der Waals surface area contributed by atoms with Crippen molar-refractivity contribution < 1.29 is 23.1 Å². The number of hydrogen-bond donors (Lipinski definition) is 2. The van der Waals surface area contributed by atoms with Gasteiger partial charge in [-0.15, -0.1) is 11.3 Å². The molecule has 0 aromatic carbocycles. The monoisotopic (exact) mass is 293 g/mol. The fourth-order valence-electron chi connectivity index (χ4n) is 1.41. The maximum Gasteiger partial charge on any atom is 0.334 e. The van der Waals surface area contributed by atoms with Crippen molar-refractivity contribution in [1.82, 2.24) is 4.72 Å². The molecule has 1 rings (SSSR count). The number of aliphatic carboxylic acids is 1. The summed E-state index contributed by atoms with van der Waals surface area (Å²) in [7, 11) is -2.48. The number of methoxy groups -OCH3 is 1. The molecule has 1 atom stereocenters.